The largest absolute Gasteiger partial charge is 0.419 e. The van der Waals surface area contributed by atoms with Crippen molar-refractivity contribution in [1.29, 1.82) is 0 Å². The van der Waals surface area contributed by atoms with E-state index in [-0.39, 0.29) is 16.1 Å². The molecular weight excluding hydrogens is 435 g/mol. The van der Waals surface area contributed by atoms with Crippen LogP contribution in [0, 0.1) is 0 Å². The highest BCUT2D eigenvalue weighted by Crippen LogP contribution is 2.40. The zero-order chi connectivity index (χ0) is 21.1. The molecule has 0 spiro atoms. The molecule has 0 aliphatic heterocycles. The third-order valence-corrected chi connectivity index (χ3v) is 5.98. The molecule has 0 amide bonds. The summed E-state index contributed by atoms with van der Waals surface area (Å²) < 4.78 is 45.7. The molecule has 154 valence electrons. The summed E-state index contributed by atoms with van der Waals surface area (Å²) in [5, 5.41) is 18.9. The van der Waals surface area contributed by atoms with Crippen molar-refractivity contribution >= 4 is 33.9 Å². The monoisotopic (exact) mass is 449 g/mol. The fourth-order valence-electron chi connectivity index (χ4n) is 2.56. The number of nitrogens with zero attached hydrogens (tertiary/aromatic N) is 4. The first-order valence-electron chi connectivity index (χ1n) is 8.72. The molecule has 0 saturated heterocycles. The Bertz CT molecular complexity index is 1130. The molecule has 2 heterocycles. The van der Waals surface area contributed by atoms with Crippen LogP contribution in [-0.2, 0) is 6.18 Å². The highest BCUT2D eigenvalue weighted by molar-refractivity contribution is 8.01. The van der Waals surface area contributed by atoms with Crippen molar-refractivity contribution in [2.24, 2.45) is 0 Å². The molecule has 1 unspecified atom stereocenters. The summed E-state index contributed by atoms with van der Waals surface area (Å²) >= 11 is 2.48. The summed E-state index contributed by atoms with van der Waals surface area (Å²) in [6, 6.07) is 14.6. The minimum Gasteiger partial charge on any atom is -0.419 e. The van der Waals surface area contributed by atoms with Crippen molar-refractivity contribution in [3.8, 4) is 11.5 Å². The number of aromatic nitrogens is 4. The van der Waals surface area contributed by atoms with Crippen LogP contribution in [-0.4, -0.2) is 20.4 Å². The first-order valence-corrected chi connectivity index (χ1v) is 10.4. The zero-order valence-electron chi connectivity index (χ0n) is 15.4. The molecule has 0 radical (unpaired) electrons. The number of benzene rings is 2. The maximum Gasteiger partial charge on any atom is 0.418 e. The number of alkyl halides is 3. The van der Waals surface area contributed by atoms with E-state index in [1.165, 1.54) is 30.0 Å². The second kappa shape index (κ2) is 8.44. The van der Waals surface area contributed by atoms with Crippen molar-refractivity contribution in [2.45, 2.75) is 22.7 Å². The second-order valence-electron chi connectivity index (χ2n) is 6.11. The zero-order valence-corrected chi connectivity index (χ0v) is 17.1. The number of hydrogen-bond donors (Lipinski definition) is 1. The van der Waals surface area contributed by atoms with E-state index in [2.05, 4.69) is 25.7 Å². The van der Waals surface area contributed by atoms with Crippen molar-refractivity contribution in [3.05, 3.63) is 66.1 Å². The van der Waals surface area contributed by atoms with E-state index in [4.69, 9.17) is 4.42 Å². The topological polar surface area (TPSA) is 76.7 Å². The van der Waals surface area contributed by atoms with Crippen LogP contribution >= 0.6 is 23.1 Å². The van der Waals surface area contributed by atoms with Crippen LogP contribution in [0.15, 0.2) is 63.4 Å². The number of rotatable bonds is 6. The maximum absolute atomic E-state index is 13.1. The van der Waals surface area contributed by atoms with Gasteiger partial charge in [-0.25, -0.2) is 0 Å². The average Bonchev–Trinajstić information content (AvgIpc) is 3.38. The summed E-state index contributed by atoms with van der Waals surface area (Å²) in [6.45, 7) is 1.88. The Labute approximate surface area is 177 Å². The van der Waals surface area contributed by atoms with Crippen LogP contribution in [0.2, 0.25) is 0 Å². The fraction of sp³-hybridized carbons (Fsp3) is 0.158. The number of thioether (sulfide) groups is 1. The lowest BCUT2D eigenvalue weighted by Gasteiger charge is -2.12. The Morgan fingerprint density at radius 1 is 0.967 bits per heavy atom. The van der Waals surface area contributed by atoms with Gasteiger partial charge in [-0.05, 0) is 31.2 Å². The number of hydrogen-bond acceptors (Lipinski definition) is 8. The fourth-order valence-corrected chi connectivity index (χ4v) is 4.50. The van der Waals surface area contributed by atoms with Crippen molar-refractivity contribution in [3.63, 3.8) is 0 Å². The van der Waals surface area contributed by atoms with E-state index in [0.717, 1.165) is 23.0 Å². The second-order valence-corrected chi connectivity index (χ2v) is 8.68. The average molecular weight is 449 g/mol. The lowest BCUT2D eigenvalue weighted by molar-refractivity contribution is -0.136. The van der Waals surface area contributed by atoms with E-state index >= 15 is 0 Å². The van der Waals surface area contributed by atoms with Crippen LogP contribution in [0.3, 0.4) is 0 Å². The number of nitrogens with one attached hydrogen (secondary N) is 1. The molecule has 4 rings (SSSR count). The van der Waals surface area contributed by atoms with Crippen molar-refractivity contribution in [2.75, 3.05) is 5.32 Å². The van der Waals surface area contributed by atoms with Crippen LogP contribution in [0.5, 0.6) is 0 Å². The lowest BCUT2D eigenvalue weighted by Crippen LogP contribution is -2.08. The van der Waals surface area contributed by atoms with Gasteiger partial charge in [-0.15, -0.1) is 20.4 Å². The molecule has 0 saturated carbocycles. The number of halogens is 3. The molecule has 30 heavy (non-hydrogen) atoms. The van der Waals surface area contributed by atoms with Crippen LogP contribution in [0.25, 0.3) is 11.5 Å². The van der Waals surface area contributed by atoms with Gasteiger partial charge >= 0.3 is 6.18 Å². The highest BCUT2D eigenvalue weighted by atomic mass is 32.2. The summed E-state index contributed by atoms with van der Waals surface area (Å²) in [4.78, 5) is 0. The predicted octanol–water partition coefficient (Wildman–Crippen LogP) is 6.20. The Morgan fingerprint density at radius 3 is 2.47 bits per heavy atom. The van der Waals surface area contributed by atoms with Gasteiger partial charge < -0.3 is 9.73 Å². The standard InChI is InChI=1S/C19H14F3N5OS2/c1-11(15-24-25-16(28-15)12-7-3-2-4-8-12)29-18-27-26-17(30-18)23-14-10-6-5-9-13(14)19(20,21)22/h2-11H,1H3,(H,23,26). The van der Waals surface area contributed by atoms with Gasteiger partial charge in [0.25, 0.3) is 0 Å². The third kappa shape index (κ3) is 4.62. The first kappa shape index (κ1) is 20.4. The SMILES string of the molecule is CC(Sc1nnc(Nc2ccccc2C(F)(F)F)s1)c1nnc(-c2ccccc2)o1. The lowest BCUT2D eigenvalue weighted by atomic mass is 10.2. The van der Waals surface area contributed by atoms with Crippen LogP contribution < -0.4 is 5.32 Å². The molecule has 0 aliphatic carbocycles. The van der Waals surface area contributed by atoms with Gasteiger partial charge in [0, 0.05) is 5.56 Å². The van der Waals surface area contributed by atoms with E-state index in [9.17, 15) is 13.2 Å². The van der Waals surface area contributed by atoms with E-state index in [1.807, 2.05) is 37.3 Å². The summed E-state index contributed by atoms with van der Waals surface area (Å²) in [5.41, 5.74) is -0.0172. The Morgan fingerprint density at radius 2 is 1.70 bits per heavy atom. The van der Waals surface area contributed by atoms with Gasteiger partial charge in [0.1, 0.15) is 0 Å². The van der Waals surface area contributed by atoms with Crippen molar-refractivity contribution in [1.82, 2.24) is 20.4 Å². The minimum atomic E-state index is -4.46. The van der Waals surface area contributed by atoms with E-state index < -0.39 is 11.7 Å². The molecule has 4 aromatic rings. The van der Waals surface area contributed by atoms with Crippen LogP contribution in [0.1, 0.15) is 23.6 Å². The third-order valence-electron chi connectivity index (χ3n) is 3.97. The smallest absolute Gasteiger partial charge is 0.418 e. The van der Waals surface area contributed by atoms with Gasteiger partial charge in [-0.1, -0.05) is 53.4 Å². The highest BCUT2D eigenvalue weighted by Gasteiger charge is 2.33. The quantitative estimate of drug-likeness (QED) is 0.351. The molecule has 2 aromatic heterocycles. The minimum absolute atomic E-state index is 0.0739. The van der Waals surface area contributed by atoms with Gasteiger partial charge in [0.2, 0.25) is 16.9 Å². The molecule has 1 N–H and O–H groups in total. The predicted molar refractivity (Wildman–Crippen MR) is 109 cm³/mol. The molecule has 1 atom stereocenters. The van der Waals surface area contributed by atoms with Gasteiger partial charge in [0.05, 0.1) is 16.5 Å². The Kier molecular flexibility index (Phi) is 5.73. The molecule has 11 heteroatoms. The summed E-state index contributed by atoms with van der Waals surface area (Å²) in [5.74, 6) is 0.840. The molecule has 0 bridgehead atoms. The molecule has 6 nitrogen and oxygen atoms in total. The van der Waals surface area contributed by atoms with Gasteiger partial charge in [-0.2, -0.15) is 13.2 Å². The van der Waals surface area contributed by atoms with E-state index in [0.29, 0.717) is 16.1 Å². The van der Waals surface area contributed by atoms with Gasteiger partial charge in [0.15, 0.2) is 4.34 Å². The molecular formula is C19H14F3N5OS2. The summed E-state index contributed by atoms with van der Waals surface area (Å²) in [6.07, 6.45) is -4.46. The summed E-state index contributed by atoms with van der Waals surface area (Å²) in [7, 11) is 0. The molecule has 0 aliphatic rings. The number of anilines is 2. The Hall–Kier alpha value is -2.92. The van der Waals surface area contributed by atoms with Gasteiger partial charge in [-0.3, -0.25) is 0 Å². The first-order chi connectivity index (χ1) is 14.4. The van der Waals surface area contributed by atoms with Crippen molar-refractivity contribution < 1.29 is 17.6 Å². The van der Waals surface area contributed by atoms with Crippen LogP contribution in [0.4, 0.5) is 24.0 Å². The van der Waals surface area contributed by atoms with E-state index in [1.54, 1.807) is 0 Å². The Balaban J connectivity index is 1.45. The molecule has 2 aromatic carbocycles. The number of para-hydroxylation sites is 1. The normalized spacial score (nSPS) is 12.7. The molecule has 0 fully saturated rings. The maximum atomic E-state index is 13.1.